The molecule has 2 aromatic heterocycles. The van der Waals surface area contributed by atoms with E-state index >= 15 is 0 Å². The molecular weight excluding hydrogens is 472 g/mol. The zero-order valence-electron chi connectivity index (χ0n) is 16.4. The van der Waals surface area contributed by atoms with Crippen LogP contribution in [0.25, 0.3) is 0 Å². The molecule has 3 rings (SSSR count). The van der Waals surface area contributed by atoms with Gasteiger partial charge in [0.25, 0.3) is 5.56 Å². The monoisotopic (exact) mass is 488 g/mol. The lowest BCUT2D eigenvalue weighted by molar-refractivity contribution is -0.139. The number of aromatic nitrogens is 2. The molecular formula is C20H17Cl2F3N4OS. The van der Waals surface area contributed by atoms with Gasteiger partial charge in [0.2, 0.25) is 0 Å². The Morgan fingerprint density at radius 1 is 1.23 bits per heavy atom. The van der Waals surface area contributed by atoms with E-state index in [-0.39, 0.29) is 6.54 Å². The van der Waals surface area contributed by atoms with Gasteiger partial charge in [0.05, 0.1) is 37.0 Å². The van der Waals surface area contributed by atoms with Gasteiger partial charge >= 0.3 is 6.18 Å². The van der Waals surface area contributed by atoms with Gasteiger partial charge in [-0.25, -0.2) is 4.98 Å². The topological polar surface area (TPSA) is 59.3 Å². The average Bonchev–Trinajstić information content (AvgIpc) is 3.06. The molecule has 2 heterocycles. The van der Waals surface area contributed by atoms with Crippen LogP contribution in [-0.2, 0) is 19.1 Å². The Labute approximate surface area is 190 Å². The minimum atomic E-state index is -4.68. The first kappa shape index (κ1) is 23.3. The van der Waals surface area contributed by atoms with Crippen molar-refractivity contribution in [1.82, 2.24) is 9.55 Å². The number of halogens is 5. The van der Waals surface area contributed by atoms with E-state index < -0.39 is 17.3 Å². The van der Waals surface area contributed by atoms with Crippen molar-refractivity contribution in [2.45, 2.75) is 33.0 Å². The van der Waals surface area contributed by atoms with Gasteiger partial charge in [-0.3, -0.25) is 10.2 Å². The van der Waals surface area contributed by atoms with Gasteiger partial charge in [-0.2, -0.15) is 18.3 Å². The third-order valence-corrected chi connectivity index (χ3v) is 6.32. The molecule has 0 bridgehead atoms. The van der Waals surface area contributed by atoms with E-state index in [2.05, 4.69) is 15.5 Å². The van der Waals surface area contributed by atoms with Crippen LogP contribution in [0.4, 0.5) is 18.9 Å². The lowest BCUT2D eigenvalue weighted by atomic mass is 10.2. The summed E-state index contributed by atoms with van der Waals surface area (Å²) in [5, 5.41) is 5.86. The molecule has 0 aliphatic heterocycles. The van der Waals surface area contributed by atoms with Gasteiger partial charge in [-0.15, -0.1) is 11.3 Å². The van der Waals surface area contributed by atoms with Gasteiger partial charge < -0.3 is 4.57 Å². The normalized spacial score (nSPS) is 12.3. The third kappa shape index (κ3) is 5.47. The summed E-state index contributed by atoms with van der Waals surface area (Å²) in [7, 11) is 0. The van der Waals surface area contributed by atoms with E-state index in [9.17, 15) is 18.0 Å². The summed E-state index contributed by atoms with van der Waals surface area (Å²) in [6.45, 7) is 3.69. The number of nitrogens with one attached hydrogen (secondary N) is 1. The Hall–Kier alpha value is -2.36. The number of rotatable bonds is 6. The average molecular weight is 489 g/mol. The molecule has 1 N–H and O–H groups in total. The van der Waals surface area contributed by atoms with E-state index in [0.717, 1.165) is 21.2 Å². The van der Waals surface area contributed by atoms with Crippen LogP contribution in [-0.4, -0.2) is 15.3 Å². The van der Waals surface area contributed by atoms with Gasteiger partial charge in [-0.1, -0.05) is 29.3 Å². The van der Waals surface area contributed by atoms with Gasteiger partial charge in [0.1, 0.15) is 5.56 Å². The van der Waals surface area contributed by atoms with Crippen molar-refractivity contribution in [2.75, 3.05) is 5.43 Å². The Balaban J connectivity index is 1.75. The standard InChI is InChI=1S/C20H17Cl2F3N4OS/c1-11-18(12(2)27-28-17-14(21)6-3-7-15(17)22)31-16(26-11)8-10-29-9-4-5-13(19(29)30)20(23,24)25/h3-7,9,28H,8,10H2,1-2H3/b27-12-. The fourth-order valence-electron chi connectivity index (χ4n) is 2.83. The Bertz CT molecular complexity index is 1170. The summed E-state index contributed by atoms with van der Waals surface area (Å²) >= 11 is 13.6. The van der Waals surface area contributed by atoms with E-state index in [1.165, 1.54) is 23.6 Å². The van der Waals surface area contributed by atoms with Gasteiger partial charge in [0, 0.05) is 19.2 Å². The maximum Gasteiger partial charge on any atom is 0.421 e. The quantitative estimate of drug-likeness (QED) is 0.341. The molecule has 31 heavy (non-hydrogen) atoms. The Morgan fingerprint density at radius 3 is 2.55 bits per heavy atom. The van der Waals surface area contributed by atoms with Crippen LogP contribution in [0.3, 0.4) is 0 Å². The molecule has 0 saturated carbocycles. The number of pyridine rings is 1. The van der Waals surface area contributed by atoms with Crippen molar-refractivity contribution < 1.29 is 13.2 Å². The molecule has 11 heteroatoms. The smallest absolute Gasteiger partial charge is 0.315 e. The van der Waals surface area contributed by atoms with Crippen molar-refractivity contribution in [3.63, 3.8) is 0 Å². The van der Waals surface area contributed by atoms with Crippen molar-refractivity contribution in [2.24, 2.45) is 5.10 Å². The number of nitrogens with zero attached hydrogens (tertiary/aromatic N) is 3. The highest BCUT2D eigenvalue weighted by molar-refractivity contribution is 7.13. The summed E-state index contributed by atoms with van der Waals surface area (Å²) in [4.78, 5) is 17.3. The maximum absolute atomic E-state index is 12.9. The number of hydrogen-bond donors (Lipinski definition) is 1. The predicted octanol–water partition coefficient (Wildman–Crippen LogP) is 6.02. The van der Waals surface area contributed by atoms with Crippen molar-refractivity contribution in [1.29, 1.82) is 0 Å². The number of hydrazone groups is 1. The molecule has 0 radical (unpaired) electrons. The summed E-state index contributed by atoms with van der Waals surface area (Å²) in [5.41, 5.74) is 2.46. The summed E-state index contributed by atoms with van der Waals surface area (Å²) in [5.74, 6) is 0. The highest BCUT2D eigenvalue weighted by Gasteiger charge is 2.34. The van der Waals surface area contributed by atoms with Crippen LogP contribution < -0.4 is 11.0 Å². The Morgan fingerprint density at radius 2 is 1.90 bits per heavy atom. The molecule has 0 aliphatic rings. The predicted molar refractivity (Wildman–Crippen MR) is 119 cm³/mol. The molecule has 1 aromatic carbocycles. The van der Waals surface area contributed by atoms with Crippen LogP contribution >= 0.6 is 34.5 Å². The molecule has 0 aliphatic carbocycles. The molecule has 0 amide bonds. The lowest BCUT2D eigenvalue weighted by Gasteiger charge is -2.09. The van der Waals surface area contributed by atoms with Crippen LogP contribution in [0.1, 0.15) is 28.1 Å². The van der Waals surface area contributed by atoms with Crippen LogP contribution in [0.15, 0.2) is 46.4 Å². The first-order chi connectivity index (χ1) is 14.6. The largest absolute Gasteiger partial charge is 0.421 e. The molecule has 0 fully saturated rings. The molecule has 0 atom stereocenters. The lowest BCUT2D eigenvalue weighted by Crippen LogP contribution is -2.28. The van der Waals surface area contributed by atoms with E-state index in [1.807, 2.05) is 6.92 Å². The van der Waals surface area contributed by atoms with Crippen LogP contribution in [0.5, 0.6) is 0 Å². The SMILES string of the molecule is C/C(=N/Nc1c(Cl)cccc1Cl)c1sc(CCn2cccc(C(F)(F)F)c2=O)nc1C. The second-order valence-electron chi connectivity index (χ2n) is 6.60. The minimum Gasteiger partial charge on any atom is -0.315 e. The highest BCUT2D eigenvalue weighted by Crippen LogP contribution is 2.30. The third-order valence-electron chi connectivity index (χ3n) is 4.36. The number of anilines is 1. The number of benzene rings is 1. The first-order valence-electron chi connectivity index (χ1n) is 9.05. The van der Waals surface area contributed by atoms with Crippen molar-refractivity contribution >= 4 is 45.9 Å². The molecule has 0 saturated heterocycles. The molecule has 0 unspecified atom stereocenters. The fourth-order valence-corrected chi connectivity index (χ4v) is 4.32. The maximum atomic E-state index is 12.9. The zero-order valence-corrected chi connectivity index (χ0v) is 18.8. The Kier molecular flexibility index (Phi) is 7.08. The minimum absolute atomic E-state index is 0.0822. The number of para-hydroxylation sites is 1. The molecule has 0 spiro atoms. The van der Waals surface area contributed by atoms with Crippen LogP contribution in [0, 0.1) is 6.92 Å². The van der Waals surface area contributed by atoms with E-state index in [1.54, 1.807) is 25.1 Å². The van der Waals surface area contributed by atoms with Crippen molar-refractivity contribution in [3.8, 4) is 0 Å². The number of aryl methyl sites for hydroxylation is 3. The second-order valence-corrected chi connectivity index (χ2v) is 8.49. The molecule has 5 nitrogen and oxygen atoms in total. The highest BCUT2D eigenvalue weighted by atomic mass is 35.5. The van der Waals surface area contributed by atoms with E-state index in [4.69, 9.17) is 23.2 Å². The number of thiazole rings is 1. The number of alkyl halides is 3. The van der Waals surface area contributed by atoms with Gasteiger partial charge in [0.15, 0.2) is 0 Å². The molecule has 3 aromatic rings. The second kappa shape index (κ2) is 9.42. The summed E-state index contributed by atoms with van der Waals surface area (Å²) in [6.07, 6.45) is -3.04. The van der Waals surface area contributed by atoms with Crippen LogP contribution in [0.2, 0.25) is 10.0 Å². The van der Waals surface area contributed by atoms with Crippen molar-refractivity contribution in [3.05, 3.63) is 78.1 Å². The van der Waals surface area contributed by atoms with E-state index in [0.29, 0.717) is 32.9 Å². The zero-order chi connectivity index (χ0) is 22.8. The van der Waals surface area contributed by atoms with Gasteiger partial charge in [-0.05, 0) is 38.1 Å². The summed E-state index contributed by atoms with van der Waals surface area (Å²) < 4.78 is 39.8. The molecule has 164 valence electrons. The number of hydrogen-bond acceptors (Lipinski definition) is 5. The fraction of sp³-hybridized carbons (Fsp3) is 0.250. The first-order valence-corrected chi connectivity index (χ1v) is 10.6. The summed E-state index contributed by atoms with van der Waals surface area (Å²) in [6, 6.07) is 7.09.